The topological polar surface area (TPSA) is 28.2 Å². The van der Waals surface area contributed by atoms with E-state index in [0.29, 0.717) is 6.04 Å². The van der Waals surface area contributed by atoms with Crippen LogP contribution in [-0.2, 0) is 13.0 Å². The Morgan fingerprint density at radius 3 is 3.00 bits per heavy atom. The van der Waals surface area contributed by atoms with Gasteiger partial charge in [-0.15, -0.1) is 11.3 Å². The van der Waals surface area contributed by atoms with Gasteiger partial charge >= 0.3 is 0 Å². The summed E-state index contributed by atoms with van der Waals surface area (Å²) in [7, 11) is 0. The van der Waals surface area contributed by atoms with Gasteiger partial charge in [-0.25, -0.2) is 4.98 Å². The maximum atomic E-state index is 4.41. The molecule has 2 heterocycles. The Kier molecular flexibility index (Phi) is 4.79. The van der Waals surface area contributed by atoms with Crippen molar-refractivity contribution in [2.24, 2.45) is 0 Å². The molecule has 0 radical (unpaired) electrons. The largest absolute Gasteiger partial charge is 0.312 e. The molecular formula is C16H21N3S. The molecule has 0 bridgehead atoms. The number of benzene rings is 1. The van der Waals surface area contributed by atoms with Gasteiger partial charge in [0.05, 0.1) is 11.2 Å². The summed E-state index contributed by atoms with van der Waals surface area (Å²) < 4.78 is 0. The first-order valence-electron chi connectivity index (χ1n) is 7.27. The van der Waals surface area contributed by atoms with Crippen LogP contribution in [-0.4, -0.2) is 35.6 Å². The van der Waals surface area contributed by atoms with E-state index in [0.717, 1.165) is 32.6 Å². The first-order chi connectivity index (χ1) is 9.90. The van der Waals surface area contributed by atoms with Crippen LogP contribution in [0.15, 0.2) is 41.2 Å². The lowest BCUT2D eigenvalue weighted by Gasteiger charge is -2.23. The van der Waals surface area contributed by atoms with Crippen LogP contribution in [0.1, 0.15) is 17.7 Å². The van der Waals surface area contributed by atoms with Crippen molar-refractivity contribution >= 4 is 11.3 Å². The van der Waals surface area contributed by atoms with Crippen LogP contribution in [0.25, 0.3) is 0 Å². The zero-order chi connectivity index (χ0) is 13.6. The second-order valence-corrected chi connectivity index (χ2v) is 6.13. The molecule has 3 nitrogen and oxygen atoms in total. The smallest absolute Gasteiger partial charge is 0.0795 e. The molecule has 1 aromatic carbocycles. The van der Waals surface area contributed by atoms with Crippen molar-refractivity contribution in [3.8, 4) is 0 Å². The molecule has 1 saturated heterocycles. The quantitative estimate of drug-likeness (QED) is 0.936. The highest BCUT2D eigenvalue weighted by Crippen LogP contribution is 2.11. The third-order valence-electron chi connectivity index (χ3n) is 3.76. The number of hydrogen-bond donors (Lipinski definition) is 1. The molecule has 1 unspecified atom stereocenters. The predicted molar refractivity (Wildman–Crippen MR) is 83.9 cm³/mol. The summed E-state index contributed by atoms with van der Waals surface area (Å²) in [4.78, 5) is 6.94. The van der Waals surface area contributed by atoms with E-state index in [-0.39, 0.29) is 0 Å². The Morgan fingerprint density at radius 1 is 1.30 bits per heavy atom. The third-order valence-corrected chi connectivity index (χ3v) is 4.39. The zero-order valence-corrected chi connectivity index (χ0v) is 12.5. The van der Waals surface area contributed by atoms with Crippen molar-refractivity contribution in [2.75, 3.05) is 19.6 Å². The number of hydrogen-bond acceptors (Lipinski definition) is 4. The minimum Gasteiger partial charge on any atom is -0.312 e. The monoisotopic (exact) mass is 287 g/mol. The fourth-order valence-electron chi connectivity index (χ4n) is 2.80. The van der Waals surface area contributed by atoms with Crippen LogP contribution in [0.4, 0.5) is 0 Å². The van der Waals surface area contributed by atoms with Crippen molar-refractivity contribution < 1.29 is 0 Å². The van der Waals surface area contributed by atoms with Crippen molar-refractivity contribution in [3.05, 3.63) is 52.5 Å². The number of nitrogens with one attached hydrogen (secondary N) is 1. The minimum atomic E-state index is 0.540. The van der Waals surface area contributed by atoms with Crippen LogP contribution >= 0.6 is 11.3 Å². The van der Waals surface area contributed by atoms with Gasteiger partial charge in [-0.3, -0.25) is 4.90 Å². The maximum Gasteiger partial charge on any atom is 0.0795 e. The van der Waals surface area contributed by atoms with E-state index in [2.05, 4.69) is 50.9 Å². The van der Waals surface area contributed by atoms with Gasteiger partial charge in [0, 0.05) is 24.5 Å². The van der Waals surface area contributed by atoms with Gasteiger partial charge in [0.25, 0.3) is 0 Å². The van der Waals surface area contributed by atoms with Crippen LogP contribution in [0, 0.1) is 0 Å². The molecule has 0 amide bonds. The summed E-state index contributed by atoms with van der Waals surface area (Å²) in [5.41, 5.74) is 4.54. The molecule has 106 valence electrons. The van der Waals surface area contributed by atoms with E-state index in [1.807, 2.05) is 5.51 Å². The van der Waals surface area contributed by atoms with Gasteiger partial charge in [0.15, 0.2) is 0 Å². The van der Waals surface area contributed by atoms with Crippen molar-refractivity contribution in [3.63, 3.8) is 0 Å². The molecule has 1 aromatic heterocycles. The second-order valence-electron chi connectivity index (χ2n) is 5.41. The first kappa shape index (κ1) is 13.7. The zero-order valence-electron chi connectivity index (χ0n) is 11.7. The van der Waals surface area contributed by atoms with E-state index in [9.17, 15) is 0 Å². The Morgan fingerprint density at radius 2 is 2.20 bits per heavy atom. The van der Waals surface area contributed by atoms with Gasteiger partial charge < -0.3 is 5.32 Å². The van der Waals surface area contributed by atoms with Crippen LogP contribution in [0.3, 0.4) is 0 Å². The lowest BCUT2D eigenvalue weighted by molar-refractivity contribution is 0.256. The molecule has 20 heavy (non-hydrogen) atoms. The molecular weight excluding hydrogens is 266 g/mol. The molecule has 1 fully saturated rings. The fourth-order valence-corrected chi connectivity index (χ4v) is 3.35. The van der Waals surface area contributed by atoms with E-state index in [4.69, 9.17) is 0 Å². The highest BCUT2D eigenvalue weighted by atomic mass is 32.1. The second kappa shape index (κ2) is 6.97. The maximum absolute atomic E-state index is 4.41. The molecule has 1 aliphatic rings. The first-order valence-corrected chi connectivity index (χ1v) is 8.21. The summed E-state index contributed by atoms with van der Waals surface area (Å²) in [5.74, 6) is 0. The standard InChI is InChI=1S/C16H21N3S/c1-2-5-14(6-3-1)9-15-10-19(8-4-7-17-15)11-16-12-20-13-18-16/h1-3,5-6,12-13,15,17H,4,7-11H2. The Bertz CT molecular complexity index is 498. The molecule has 1 N–H and O–H groups in total. The average molecular weight is 287 g/mol. The third kappa shape index (κ3) is 3.88. The summed E-state index contributed by atoms with van der Waals surface area (Å²) in [6.07, 6.45) is 2.32. The van der Waals surface area contributed by atoms with Gasteiger partial charge in [0.2, 0.25) is 0 Å². The van der Waals surface area contributed by atoms with Crippen LogP contribution in [0.2, 0.25) is 0 Å². The van der Waals surface area contributed by atoms with Gasteiger partial charge in [-0.05, 0) is 31.5 Å². The highest BCUT2D eigenvalue weighted by molar-refractivity contribution is 7.07. The van der Waals surface area contributed by atoms with Crippen molar-refractivity contribution in [1.29, 1.82) is 0 Å². The SMILES string of the molecule is c1ccc(CC2CN(Cc3cscn3)CCCN2)cc1. The summed E-state index contributed by atoms with van der Waals surface area (Å²) in [6, 6.07) is 11.3. The molecule has 0 aliphatic carbocycles. The Balaban J connectivity index is 1.60. The van der Waals surface area contributed by atoms with E-state index in [1.54, 1.807) is 11.3 Å². The Hall–Kier alpha value is -1.23. The number of rotatable bonds is 4. The lowest BCUT2D eigenvalue weighted by atomic mass is 10.1. The number of nitrogens with zero attached hydrogens (tertiary/aromatic N) is 2. The van der Waals surface area contributed by atoms with E-state index < -0.39 is 0 Å². The fraction of sp³-hybridized carbons (Fsp3) is 0.438. The summed E-state index contributed by atoms with van der Waals surface area (Å²) in [5, 5.41) is 5.84. The van der Waals surface area contributed by atoms with E-state index in [1.165, 1.54) is 17.7 Å². The van der Waals surface area contributed by atoms with E-state index >= 15 is 0 Å². The van der Waals surface area contributed by atoms with Gasteiger partial charge in [-0.1, -0.05) is 30.3 Å². The minimum absolute atomic E-state index is 0.540. The molecule has 1 atom stereocenters. The molecule has 4 heteroatoms. The van der Waals surface area contributed by atoms with Crippen LogP contribution in [0.5, 0.6) is 0 Å². The number of thiazole rings is 1. The average Bonchev–Trinajstić information content (AvgIpc) is 2.87. The molecule has 0 saturated carbocycles. The van der Waals surface area contributed by atoms with Crippen molar-refractivity contribution in [1.82, 2.24) is 15.2 Å². The highest BCUT2D eigenvalue weighted by Gasteiger charge is 2.18. The Labute approximate surface area is 124 Å². The lowest BCUT2D eigenvalue weighted by Crippen LogP contribution is -2.39. The van der Waals surface area contributed by atoms with Gasteiger partial charge in [0.1, 0.15) is 0 Å². The van der Waals surface area contributed by atoms with Crippen LogP contribution < -0.4 is 5.32 Å². The number of aromatic nitrogens is 1. The predicted octanol–water partition coefficient (Wildman–Crippen LogP) is 2.55. The van der Waals surface area contributed by atoms with Crippen molar-refractivity contribution in [2.45, 2.75) is 25.4 Å². The molecule has 3 rings (SSSR count). The summed E-state index contributed by atoms with van der Waals surface area (Å²) >= 11 is 1.68. The normalized spacial score (nSPS) is 20.7. The molecule has 1 aliphatic heterocycles. The molecule has 0 spiro atoms. The summed E-state index contributed by atoms with van der Waals surface area (Å²) in [6.45, 7) is 4.36. The molecule has 2 aromatic rings. The van der Waals surface area contributed by atoms with Gasteiger partial charge in [-0.2, -0.15) is 0 Å².